The fourth-order valence-corrected chi connectivity index (χ4v) is 4.11. The lowest BCUT2D eigenvalue weighted by atomic mass is 10.0. The normalized spacial score (nSPS) is 14.2. The van der Waals surface area contributed by atoms with Gasteiger partial charge in [-0.15, -0.1) is 0 Å². The molecule has 6 nitrogen and oxygen atoms in total. The highest BCUT2D eigenvalue weighted by Gasteiger charge is 2.21. The van der Waals surface area contributed by atoms with Crippen molar-refractivity contribution in [1.29, 1.82) is 0 Å². The number of ether oxygens (including phenoxy) is 2. The van der Waals surface area contributed by atoms with Crippen LogP contribution in [0.4, 0.5) is 5.69 Å². The molecular weight excluding hydrogens is 380 g/mol. The first kappa shape index (κ1) is 20.2. The molecule has 3 heterocycles. The molecule has 0 amide bonds. The smallest absolute Gasteiger partial charge is 0.338 e. The number of benzene rings is 1. The second kappa shape index (κ2) is 8.32. The van der Waals surface area contributed by atoms with E-state index in [9.17, 15) is 9.59 Å². The fraction of sp³-hybridized carbons (Fsp3) is 0.333. The standard InChI is InChI=1S/C24H26N2O4/c1-4-30-24(28)21-15-22-20(9-10-26(22)23(16(21)2)17(3)27)18-5-7-19(8-6-18)25-11-13-29-14-12-25/h5-10,15H,4,11-14H2,1-3H3. The average Bonchev–Trinajstić information content (AvgIpc) is 3.17. The van der Waals surface area contributed by atoms with Gasteiger partial charge in [-0.05, 0) is 49.2 Å². The summed E-state index contributed by atoms with van der Waals surface area (Å²) in [5.41, 5.74) is 5.55. The van der Waals surface area contributed by atoms with E-state index >= 15 is 0 Å². The zero-order valence-corrected chi connectivity index (χ0v) is 17.6. The van der Waals surface area contributed by atoms with E-state index < -0.39 is 5.97 Å². The lowest BCUT2D eigenvalue weighted by Gasteiger charge is -2.28. The van der Waals surface area contributed by atoms with E-state index in [1.165, 1.54) is 6.92 Å². The molecule has 4 rings (SSSR count). The van der Waals surface area contributed by atoms with Gasteiger partial charge in [-0.3, -0.25) is 4.79 Å². The van der Waals surface area contributed by atoms with Crippen molar-refractivity contribution in [1.82, 2.24) is 4.40 Å². The van der Waals surface area contributed by atoms with Gasteiger partial charge in [0.05, 0.1) is 36.6 Å². The van der Waals surface area contributed by atoms with Crippen molar-refractivity contribution in [2.24, 2.45) is 0 Å². The minimum atomic E-state index is -0.408. The Hall–Kier alpha value is -3.12. The number of carbonyl (C=O) groups is 2. The lowest BCUT2D eigenvalue weighted by molar-refractivity contribution is 0.0525. The number of morpholine rings is 1. The zero-order chi connectivity index (χ0) is 21.3. The van der Waals surface area contributed by atoms with Crippen molar-refractivity contribution >= 4 is 23.0 Å². The summed E-state index contributed by atoms with van der Waals surface area (Å²) in [6.45, 7) is 8.64. The predicted octanol–water partition coefficient (Wildman–Crippen LogP) is 4.13. The Labute approximate surface area is 176 Å². The molecule has 0 bridgehead atoms. The van der Waals surface area contributed by atoms with Gasteiger partial charge in [0.25, 0.3) is 0 Å². The van der Waals surface area contributed by atoms with Crippen molar-refractivity contribution in [2.45, 2.75) is 20.8 Å². The van der Waals surface area contributed by atoms with Gasteiger partial charge >= 0.3 is 5.97 Å². The number of aromatic nitrogens is 1. The minimum absolute atomic E-state index is 0.0894. The van der Waals surface area contributed by atoms with Gasteiger partial charge in [0.15, 0.2) is 5.78 Å². The summed E-state index contributed by atoms with van der Waals surface area (Å²) >= 11 is 0. The number of carbonyl (C=O) groups excluding carboxylic acids is 2. The number of rotatable bonds is 5. The largest absolute Gasteiger partial charge is 0.462 e. The van der Waals surface area contributed by atoms with Crippen molar-refractivity contribution in [3.63, 3.8) is 0 Å². The zero-order valence-electron chi connectivity index (χ0n) is 17.6. The first-order chi connectivity index (χ1) is 14.5. The maximum atomic E-state index is 12.5. The number of esters is 1. The van der Waals surface area contributed by atoms with Crippen molar-refractivity contribution < 1.29 is 19.1 Å². The molecule has 0 saturated carbocycles. The molecule has 1 aromatic carbocycles. The third-order valence-electron chi connectivity index (χ3n) is 5.59. The number of fused-ring (bicyclic) bond motifs is 1. The molecule has 0 atom stereocenters. The molecule has 0 aliphatic carbocycles. The molecule has 6 heteroatoms. The SMILES string of the molecule is CCOC(=O)c1cc2c(-c3ccc(N4CCOCC4)cc3)ccn2c(C(C)=O)c1C. The Balaban J connectivity index is 1.80. The fourth-order valence-electron chi connectivity index (χ4n) is 4.11. The van der Waals surface area contributed by atoms with E-state index in [2.05, 4.69) is 29.2 Å². The minimum Gasteiger partial charge on any atom is -0.462 e. The van der Waals surface area contributed by atoms with Crippen LogP contribution in [0.15, 0.2) is 42.6 Å². The summed E-state index contributed by atoms with van der Waals surface area (Å²) in [6.07, 6.45) is 1.89. The Morgan fingerprint density at radius 2 is 1.80 bits per heavy atom. The molecule has 0 unspecified atom stereocenters. The van der Waals surface area contributed by atoms with Crippen LogP contribution >= 0.6 is 0 Å². The van der Waals surface area contributed by atoms with Gasteiger partial charge in [-0.2, -0.15) is 0 Å². The molecule has 30 heavy (non-hydrogen) atoms. The second-order valence-electron chi connectivity index (χ2n) is 7.44. The quantitative estimate of drug-likeness (QED) is 0.471. The number of pyridine rings is 1. The van der Waals surface area contributed by atoms with Crippen molar-refractivity contribution in [2.75, 3.05) is 37.8 Å². The molecule has 156 valence electrons. The second-order valence-corrected chi connectivity index (χ2v) is 7.44. The van der Waals surface area contributed by atoms with E-state index in [0.29, 0.717) is 16.8 Å². The number of anilines is 1. The van der Waals surface area contributed by atoms with Crippen LogP contribution in [0, 0.1) is 6.92 Å². The predicted molar refractivity (Wildman–Crippen MR) is 117 cm³/mol. The molecule has 1 fully saturated rings. The number of Topliss-reactive ketones (excluding diaryl/α,β-unsaturated/α-hetero) is 1. The maximum absolute atomic E-state index is 12.5. The Morgan fingerprint density at radius 3 is 2.43 bits per heavy atom. The Bertz CT molecular complexity index is 1090. The third kappa shape index (κ3) is 3.59. The molecule has 1 saturated heterocycles. The molecule has 0 spiro atoms. The summed E-state index contributed by atoms with van der Waals surface area (Å²) in [5, 5.41) is 0. The Kier molecular flexibility index (Phi) is 5.59. The summed E-state index contributed by atoms with van der Waals surface area (Å²) in [7, 11) is 0. The number of nitrogens with zero attached hydrogens (tertiary/aromatic N) is 2. The van der Waals surface area contributed by atoms with Crippen molar-refractivity contribution in [3.05, 3.63) is 59.4 Å². The van der Waals surface area contributed by atoms with E-state index in [1.54, 1.807) is 13.8 Å². The number of hydrogen-bond acceptors (Lipinski definition) is 5. The summed E-state index contributed by atoms with van der Waals surface area (Å²) < 4.78 is 12.5. The first-order valence-corrected chi connectivity index (χ1v) is 10.3. The van der Waals surface area contributed by atoms with E-state index in [1.807, 2.05) is 22.7 Å². The van der Waals surface area contributed by atoms with Crippen LogP contribution in [0.25, 0.3) is 16.6 Å². The maximum Gasteiger partial charge on any atom is 0.338 e. The monoisotopic (exact) mass is 406 g/mol. The van der Waals surface area contributed by atoms with E-state index in [-0.39, 0.29) is 12.4 Å². The van der Waals surface area contributed by atoms with E-state index in [0.717, 1.165) is 48.6 Å². The van der Waals surface area contributed by atoms with Crippen LogP contribution in [-0.4, -0.2) is 49.1 Å². The van der Waals surface area contributed by atoms with Gasteiger partial charge in [0, 0.05) is 37.5 Å². The van der Waals surface area contributed by atoms with Crippen LogP contribution in [0.3, 0.4) is 0 Å². The highest BCUT2D eigenvalue weighted by Crippen LogP contribution is 2.31. The van der Waals surface area contributed by atoms with Gasteiger partial charge in [0.2, 0.25) is 0 Å². The molecule has 3 aromatic rings. The van der Waals surface area contributed by atoms with Crippen LogP contribution in [0.1, 0.15) is 40.3 Å². The van der Waals surface area contributed by atoms with Crippen LogP contribution in [0.5, 0.6) is 0 Å². The molecular formula is C24H26N2O4. The first-order valence-electron chi connectivity index (χ1n) is 10.3. The summed E-state index contributed by atoms with van der Waals surface area (Å²) in [5.74, 6) is -0.497. The van der Waals surface area contributed by atoms with Gasteiger partial charge < -0.3 is 18.8 Å². The Morgan fingerprint density at radius 1 is 1.10 bits per heavy atom. The molecule has 1 aliphatic heterocycles. The highest BCUT2D eigenvalue weighted by molar-refractivity contribution is 6.02. The van der Waals surface area contributed by atoms with Gasteiger partial charge in [-0.25, -0.2) is 4.79 Å². The van der Waals surface area contributed by atoms with E-state index in [4.69, 9.17) is 9.47 Å². The van der Waals surface area contributed by atoms with Crippen LogP contribution in [0.2, 0.25) is 0 Å². The average molecular weight is 406 g/mol. The summed E-state index contributed by atoms with van der Waals surface area (Å²) in [6, 6.07) is 12.2. The van der Waals surface area contributed by atoms with Crippen molar-refractivity contribution in [3.8, 4) is 11.1 Å². The van der Waals surface area contributed by atoms with Crippen LogP contribution < -0.4 is 4.90 Å². The van der Waals surface area contributed by atoms with Gasteiger partial charge in [0.1, 0.15) is 0 Å². The van der Waals surface area contributed by atoms with Gasteiger partial charge in [-0.1, -0.05) is 12.1 Å². The lowest BCUT2D eigenvalue weighted by Crippen LogP contribution is -2.36. The number of hydrogen-bond donors (Lipinski definition) is 0. The van der Waals surface area contributed by atoms with Crippen LogP contribution in [-0.2, 0) is 9.47 Å². The molecule has 0 radical (unpaired) electrons. The number of ketones is 1. The highest BCUT2D eigenvalue weighted by atomic mass is 16.5. The molecule has 2 aromatic heterocycles. The third-order valence-corrected chi connectivity index (χ3v) is 5.59. The molecule has 0 N–H and O–H groups in total. The molecule has 1 aliphatic rings. The summed E-state index contributed by atoms with van der Waals surface area (Å²) in [4.78, 5) is 27.2. The topological polar surface area (TPSA) is 60.2 Å².